The fourth-order valence-corrected chi connectivity index (χ4v) is 6.54. The molecule has 352 valence electrons. The van der Waals surface area contributed by atoms with Gasteiger partial charge in [0, 0.05) is 19.3 Å². The lowest BCUT2D eigenvalue weighted by atomic mass is 10.1. The normalized spacial score (nSPS) is 12.9. The van der Waals surface area contributed by atoms with Gasteiger partial charge in [-0.2, -0.15) is 0 Å². The zero-order chi connectivity index (χ0) is 45.1. The highest BCUT2D eigenvalue weighted by molar-refractivity contribution is 5.71. The molecule has 1 atom stereocenters. The summed E-state index contributed by atoms with van der Waals surface area (Å²) in [5.41, 5.74) is 0. The van der Waals surface area contributed by atoms with Crippen molar-refractivity contribution in [3.63, 3.8) is 0 Å². The van der Waals surface area contributed by atoms with E-state index in [-0.39, 0.29) is 37.5 Å². The first-order valence-electron chi connectivity index (χ1n) is 25.2. The Bertz CT molecular complexity index is 1260. The molecule has 0 aromatic carbocycles. The minimum absolute atomic E-state index is 0.101. The molecule has 62 heavy (non-hydrogen) atoms. The van der Waals surface area contributed by atoms with Crippen LogP contribution in [0.4, 0.5) is 0 Å². The molecule has 0 N–H and O–H groups in total. The average molecular weight is 861 g/mol. The summed E-state index contributed by atoms with van der Waals surface area (Å²) in [5.74, 6) is -0.990. The van der Waals surface area contributed by atoms with E-state index in [0.29, 0.717) is 19.3 Å². The van der Waals surface area contributed by atoms with Crippen molar-refractivity contribution in [2.24, 2.45) is 0 Å². The van der Waals surface area contributed by atoms with Crippen molar-refractivity contribution < 1.29 is 28.6 Å². The molecule has 0 rings (SSSR count). The summed E-state index contributed by atoms with van der Waals surface area (Å²) >= 11 is 0. The number of esters is 3. The van der Waals surface area contributed by atoms with Crippen LogP contribution < -0.4 is 0 Å². The zero-order valence-corrected chi connectivity index (χ0v) is 40.1. The van der Waals surface area contributed by atoms with Crippen LogP contribution in [0.25, 0.3) is 0 Å². The van der Waals surface area contributed by atoms with E-state index >= 15 is 0 Å². The fourth-order valence-electron chi connectivity index (χ4n) is 6.54. The molecule has 0 aliphatic carbocycles. The molecule has 0 aliphatic rings. The van der Waals surface area contributed by atoms with Gasteiger partial charge in [0.1, 0.15) is 13.2 Å². The van der Waals surface area contributed by atoms with Crippen LogP contribution in [-0.4, -0.2) is 37.2 Å². The van der Waals surface area contributed by atoms with E-state index in [0.717, 1.165) is 116 Å². The second kappa shape index (κ2) is 50.0. The highest BCUT2D eigenvalue weighted by Gasteiger charge is 2.19. The number of carbonyl (C=O) groups excluding carboxylic acids is 3. The minimum atomic E-state index is -0.801. The van der Waals surface area contributed by atoms with Crippen LogP contribution in [0.3, 0.4) is 0 Å². The monoisotopic (exact) mass is 861 g/mol. The highest BCUT2D eigenvalue weighted by atomic mass is 16.6. The van der Waals surface area contributed by atoms with Crippen LogP contribution in [0.2, 0.25) is 0 Å². The van der Waals surface area contributed by atoms with Gasteiger partial charge in [0.05, 0.1) is 0 Å². The maximum Gasteiger partial charge on any atom is 0.306 e. The summed E-state index contributed by atoms with van der Waals surface area (Å²) in [6, 6.07) is 0. The molecule has 0 aromatic rings. The topological polar surface area (TPSA) is 78.9 Å². The first kappa shape index (κ1) is 58.3. The molecular formula is C56H92O6. The Balaban J connectivity index is 4.31. The van der Waals surface area contributed by atoms with Gasteiger partial charge in [0.2, 0.25) is 0 Å². The lowest BCUT2D eigenvalue weighted by Gasteiger charge is -2.18. The van der Waals surface area contributed by atoms with Crippen LogP contribution in [0.1, 0.15) is 220 Å². The quantitative estimate of drug-likeness (QED) is 0.0263. The second-order valence-electron chi connectivity index (χ2n) is 16.3. The molecule has 0 radical (unpaired) electrons. The lowest BCUT2D eigenvalue weighted by Crippen LogP contribution is -2.30. The Morgan fingerprint density at radius 2 is 0.645 bits per heavy atom. The highest BCUT2D eigenvalue weighted by Crippen LogP contribution is 2.13. The predicted molar refractivity (Wildman–Crippen MR) is 265 cm³/mol. The molecule has 0 aromatic heterocycles. The van der Waals surface area contributed by atoms with E-state index in [1.54, 1.807) is 0 Å². The van der Waals surface area contributed by atoms with Gasteiger partial charge in [0.15, 0.2) is 6.10 Å². The van der Waals surface area contributed by atoms with Gasteiger partial charge in [-0.1, -0.05) is 201 Å². The zero-order valence-electron chi connectivity index (χ0n) is 40.1. The van der Waals surface area contributed by atoms with Crippen LogP contribution in [0.15, 0.2) is 97.2 Å². The van der Waals surface area contributed by atoms with Gasteiger partial charge in [-0.15, -0.1) is 0 Å². The minimum Gasteiger partial charge on any atom is -0.462 e. The molecule has 0 spiro atoms. The third kappa shape index (κ3) is 47.4. The maximum absolute atomic E-state index is 12.7. The fraction of sp³-hybridized carbons (Fsp3) is 0.661. The predicted octanol–water partition coefficient (Wildman–Crippen LogP) is 16.6. The van der Waals surface area contributed by atoms with Crippen molar-refractivity contribution >= 4 is 17.9 Å². The SMILES string of the molecule is CC/C=C\C/C=C\C/C=C\C/C=C\C/C=C\C/C=C\C/C=C\CCCC(=O)OCC(COC(=O)CCCCCCC)OC(=O)CCCCCCC/C=C\CCCCCCCCC. The van der Waals surface area contributed by atoms with E-state index in [1.807, 2.05) is 0 Å². The lowest BCUT2D eigenvalue weighted by molar-refractivity contribution is -0.167. The molecule has 0 aliphatic heterocycles. The molecule has 0 amide bonds. The Hall–Kier alpha value is -3.67. The summed E-state index contributed by atoms with van der Waals surface area (Å²) in [6.07, 6.45) is 65.8. The molecule has 1 unspecified atom stereocenters. The molecule has 0 fully saturated rings. The van der Waals surface area contributed by atoms with Gasteiger partial charge in [-0.3, -0.25) is 14.4 Å². The van der Waals surface area contributed by atoms with Crippen LogP contribution >= 0.6 is 0 Å². The van der Waals surface area contributed by atoms with Crippen molar-refractivity contribution in [2.75, 3.05) is 13.2 Å². The van der Waals surface area contributed by atoms with Crippen molar-refractivity contribution in [3.8, 4) is 0 Å². The Morgan fingerprint density at radius 1 is 0.339 bits per heavy atom. The van der Waals surface area contributed by atoms with Crippen molar-refractivity contribution in [2.45, 2.75) is 226 Å². The summed E-state index contributed by atoms with van der Waals surface area (Å²) in [5, 5.41) is 0. The largest absolute Gasteiger partial charge is 0.462 e. The molecule has 6 heteroatoms. The Labute approximate surface area is 381 Å². The first-order valence-corrected chi connectivity index (χ1v) is 25.2. The van der Waals surface area contributed by atoms with Crippen molar-refractivity contribution in [1.82, 2.24) is 0 Å². The van der Waals surface area contributed by atoms with Crippen LogP contribution in [0.5, 0.6) is 0 Å². The Morgan fingerprint density at radius 3 is 1.06 bits per heavy atom. The molecule has 0 bridgehead atoms. The molecular weight excluding hydrogens is 769 g/mol. The second-order valence-corrected chi connectivity index (χ2v) is 16.3. The molecule has 6 nitrogen and oxygen atoms in total. The number of carbonyl (C=O) groups is 3. The van der Waals surface area contributed by atoms with Crippen LogP contribution in [-0.2, 0) is 28.6 Å². The van der Waals surface area contributed by atoms with Crippen molar-refractivity contribution in [1.29, 1.82) is 0 Å². The molecule has 0 heterocycles. The van der Waals surface area contributed by atoms with Crippen LogP contribution in [0, 0.1) is 0 Å². The van der Waals surface area contributed by atoms with E-state index in [2.05, 4.69) is 118 Å². The van der Waals surface area contributed by atoms with Gasteiger partial charge in [-0.25, -0.2) is 0 Å². The number of rotatable bonds is 44. The maximum atomic E-state index is 12.7. The summed E-state index contributed by atoms with van der Waals surface area (Å²) in [4.78, 5) is 37.6. The van der Waals surface area contributed by atoms with Crippen molar-refractivity contribution in [3.05, 3.63) is 97.2 Å². The molecule has 0 saturated heterocycles. The standard InChI is InChI=1S/C56H92O6/c1-4-7-10-13-15-17-19-21-23-25-26-27-28-29-30-31-33-34-36-38-40-43-46-49-55(58)61-52-53(51-60-54(57)48-45-42-12-9-6-3)62-56(59)50-47-44-41-39-37-35-32-24-22-20-18-16-14-11-8-5-2/h7,10,15,17,21,23-24,26-27,29-30,32-34,38,40,53H,4-6,8-9,11-14,16,18-20,22,25,28,31,35-37,39,41-52H2,1-3H3/b10-7-,17-15-,23-21-,27-26-,30-29-,32-24-,34-33-,40-38-. The number of hydrogen-bond acceptors (Lipinski definition) is 6. The van der Waals surface area contributed by atoms with E-state index in [1.165, 1.54) is 57.8 Å². The average Bonchev–Trinajstić information content (AvgIpc) is 3.27. The summed E-state index contributed by atoms with van der Waals surface area (Å²) in [6.45, 7) is 6.37. The number of ether oxygens (including phenoxy) is 3. The third-order valence-corrected chi connectivity index (χ3v) is 10.3. The number of hydrogen-bond donors (Lipinski definition) is 0. The van der Waals surface area contributed by atoms with Gasteiger partial charge >= 0.3 is 17.9 Å². The van der Waals surface area contributed by atoms with E-state index in [4.69, 9.17) is 14.2 Å². The van der Waals surface area contributed by atoms with Gasteiger partial charge < -0.3 is 14.2 Å². The first-order chi connectivity index (χ1) is 30.5. The van der Waals surface area contributed by atoms with Gasteiger partial charge in [-0.05, 0) is 96.3 Å². The number of allylic oxidation sites excluding steroid dienone is 16. The third-order valence-electron chi connectivity index (χ3n) is 10.3. The molecule has 0 saturated carbocycles. The van der Waals surface area contributed by atoms with E-state index in [9.17, 15) is 14.4 Å². The summed E-state index contributed by atoms with van der Waals surface area (Å²) < 4.78 is 16.6. The summed E-state index contributed by atoms with van der Waals surface area (Å²) in [7, 11) is 0. The Kier molecular flexibility index (Phi) is 47.0. The van der Waals surface area contributed by atoms with Gasteiger partial charge in [0.25, 0.3) is 0 Å². The smallest absolute Gasteiger partial charge is 0.306 e. The van der Waals surface area contributed by atoms with E-state index < -0.39 is 6.10 Å². The number of unbranched alkanes of at least 4 members (excludes halogenated alkanes) is 17.